The summed E-state index contributed by atoms with van der Waals surface area (Å²) in [6.45, 7) is 6.79. The maximum Gasteiger partial charge on any atom is 0.303 e. The van der Waals surface area contributed by atoms with Crippen molar-refractivity contribution in [3.63, 3.8) is 0 Å². The van der Waals surface area contributed by atoms with E-state index in [0.29, 0.717) is 19.3 Å². The quantitative estimate of drug-likeness (QED) is 0.0874. The number of aliphatic carboxylic acids is 1. The lowest BCUT2D eigenvalue weighted by molar-refractivity contribution is -0.137. The Kier molecular flexibility index (Phi) is 10.9. The van der Waals surface area contributed by atoms with Gasteiger partial charge in [-0.05, 0) is 52.2 Å². The predicted octanol–water partition coefficient (Wildman–Crippen LogP) is 7.84. The SMILES string of the molecule is CC(C)(C)[Si](O[C@H](C=C[C@@H]1C(=O)C[C@@H](O)[C@@H]1CC=CCCCC(=O)O)c1cc2ccccc2s1)(c1ccccc1)c1ccccc1. The number of hydrogen-bond donors (Lipinski definition) is 2. The van der Waals surface area contributed by atoms with Gasteiger partial charge >= 0.3 is 5.97 Å². The van der Waals surface area contributed by atoms with Gasteiger partial charge in [-0.15, -0.1) is 11.3 Å². The molecule has 1 aromatic heterocycles. The molecule has 0 amide bonds. The van der Waals surface area contributed by atoms with Crippen LogP contribution in [0.15, 0.2) is 115 Å². The lowest BCUT2D eigenvalue weighted by Gasteiger charge is -2.44. The number of aliphatic hydroxyl groups is 1. The van der Waals surface area contributed by atoms with Gasteiger partial charge in [-0.25, -0.2) is 0 Å². The van der Waals surface area contributed by atoms with Crippen LogP contribution in [0.25, 0.3) is 10.1 Å². The van der Waals surface area contributed by atoms with Crippen molar-refractivity contribution in [2.45, 2.75) is 70.1 Å². The topological polar surface area (TPSA) is 83.8 Å². The Morgan fingerprint density at radius 1 is 0.978 bits per heavy atom. The number of carbonyl (C=O) groups is 2. The van der Waals surface area contributed by atoms with E-state index in [1.807, 2.05) is 36.4 Å². The van der Waals surface area contributed by atoms with E-state index < -0.39 is 32.4 Å². The van der Waals surface area contributed by atoms with Gasteiger partial charge < -0.3 is 14.6 Å². The van der Waals surface area contributed by atoms with Gasteiger partial charge in [0.1, 0.15) is 5.78 Å². The van der Waals surface area contributed by atoms with Gasteiger partial charge in [0.25, 0.3) is 8.32 Å². The Bertz CT molecular complexity index is 1600. The van der Waals surface area contributed by atoms with Crippen LogP contribution in [-0.4, -0.2) is 36.4 Å². The summed E-state index contributed by atoms with van der Waals surface area (Å²) in [5.41, 5.74) is 0. The van der Waals surface area contributed by atoms with E-state index in [1.165, 1.54) is 15.1 Å². The predicted molar refractivity (Wildman–Crippen MR) is 190 cm³/mol. The first kappa shape index (κ1) is 33.7. The summed E-state index contributed by atoms with van der Waals surface area (Å²) >= 11 is 1.71. The zero-order chi connectivity index (χ0) is 32.7. The summed E-state index contributed by atoms with van der Waals surface area (Å²) in [5.74, 6) is -1.44. The van der Waals surface area contributed by atoms with E-state index in [0.717, 1.165) is 10.3 Å². The standard InChI is InChI=1S/C39H44O5SSi/c1-39(2,3)46(29-17-8-6-9-18-29,30-19-10-7-11-20-30)44-35(37-26-28-16-14-15-22-36(28)45-37)25-24-32-31(33(40)27-34(32)41)21-12-4-5-13-23-38(42)43/h4,6-12,14-20,22,24-26,31-33,35,40H,5,13,21,23,27H2,1-3H3,(H,42,43)/t31-,32+,33-,35-/m1/s1. The molecule has 7 heteroatoms. The molecule has 0 saturated heterocycles. The maximum atomic E-state index is 13.3. The van der Waals surface area contributed by atoms with Crippen molar-refractivity contribution in [3.8, 4) is 0 Å². The number of ketones is 1. The Morgan fingerprint density at radius 2 is 1.61 bits per heavy atom. The Labute approximate surface area is 277 Å². The van der Waals surface area contributed by atoms with Gasteiger partial charge in [0.2, 0.25) is 0 Å². The first-order valence-corrected chi connectivity index (χ1v) is 18.9. The largest absolute Gasteiger partial charge is 0.481 e. The van der Waals surface area contributed by atoms with Gasteiger partial charge in [-0.2, -0.15) is 0 Å². The molecular weight excluding hydrogens is 609 g/mol. The van der Waals surface area contributed by atoms with Crippen molar-refractivity contribution in [2.24, 2.45) is 11.8 Å². The minimum atomic E-state index is -2.94. The Balaban J connectivity index is 1.54. The van der Waals surface area contributed by atoms with E-state index >= 15 is 0 Å². The number of fused-ring (bicyclic) bond motifs is 1. The Morgan fingerprint density at radius 3 is 2.22 bits per heavy atom. The first-order valence-electron chi connectivity index (χ1n) is 16.1. The number of benzene rings is 3. The molecule has 4 aromatic rings. The van der Waals surface area contributed by atoms with Crippen molar-refractivity contribution in [3.05, 3.63) is 120 Å². The van der Waals surface area contributed by atoms with Crippen LogP contribution in [0.5, 0.6) is 0 Å². The number of unbranched alkanes of at least 4 members (excludes halogenated alkanes) is 1. The van der Waals surface area contributed by atoms with Crippen molar-refractivity contribution < 1.29 is 24.2 Å². The van der Waals surface area contributed by atoms with Crippen molar-refractivity contribution >= 4 is 51.9 Å². The molecule has 46 heavy (non-hydrogen) atoms. The summed E-state index contributed by atoms with van der Waals surface area (Å²) in [6, 6.07) is 31.7. The second-order valence-corrected chi connectivity index (χ2v) is 18.6. The minimum Gasteiger partial charge on any atom is -0.481 e. The number of carbonyl (C=O) groups excluding carboxylic acids is 1. The second kappa shape index (κ2) is 14.9. The third-order valence-electron chi connectivity index (χ3n) is 9.01. The lowest BCUT2D eigenvalue weighted by atomic mass is 9.90. The average Bonchev–Trinajstić information content (AvgIpc) is 3.58. The maximum absolute atomic E-state index is 13.3. The van der Waals surface area contributed by atoms with Crippen LogP contribution >= 0.6 is 11.3 Å². The molecule has 4 atom stereocenters. The van der Waals surface area contributed by atoms with Gasteiger partial charge in [0.05, 0.1) is 12.2 Å². The fourth-order valence-electron chi connectivity index (χ4n) is 6.70. The molecule has 0 bridgehead atoms. The third kappa shape index (κ3) is 7.50. The molecule has 240 valence electrons. The zero-order valence-corrected chi connectivity index (χ0v) is 28.7. The van der Waals surface area contributed by atoms with E-state index in [2.05, 4.69) is 99.6 Å². The van der Waals surface area contributed by atoms with E-state index in [4.69, 9.17) is 9.53 Å². The number of Topliss-reactive ketones (excluding diaryl/α,β-unsaturated/α-hetero) is 1. The molecule has 1 saturated carbocycles. The number of rotatable bonds is 13. The molecule has 1 aliphatic carbocycles. The number of thiophene rings is 1. The van der Waals surface area contributed by atoms with Crippen LogP contribution in [0.4, 0.5) is 0 Å². The fourth-order valence-corrected chi connectivity index (χ4v) is 12.5. The third-order valence-corrected chi connectivity index (χ3v) is 15.2. The number of hydrogen-bond acceptors (Lipinski definition) is 5. The molecule has 3 aromatic carbocycles. The van der Waals surface area contributed by atoms with E-state index in [1.54, 1.807) is 11.3 Å². The molecule has 2 N–H and O–H groups in total. The van der Waals surface area contributed by atoms with Crippen molar-refractivity contribution in [1.82, 2.24) is 0 Å². The highest BCUT2D eigenvalue weighted by molar-refractivity contribution is 7.19. The Hall–Kier alpha value is -3.62. The first-order chi connectivity index (χ1) is 22.1. The molecule has 0 radical (unpaired) electrons. The van der Waals surface area contributed by atoms with Gasteiger partial charge in [-0.1, -0.05) is 124 Å². The molecule has 0 unspecified atom stereocenters. The summed E-state index contributed by atoms with van der Waals surface area (Å²) in [6.07, 6.45) is 8.90. The highest BCUT2D eigenvalue weighted by Crippen LogP contribution is 2.43. The molecule has 1 fully saturated rings. The van der Waals surface area contributed by atoms with Crippen LogP contribution in [-0.2, 0) is 14.0 Å². The molecule has 5 rings (SSSR count). The number of carboxylic acid groups (broad SMARTS) is 1. The molecule has 0 aliphatic heterocycles. The molecule has 0 spiro atoms. The van der Waals surface area contributed by atoms with Gasteiger partial charge in [0.15, 0.2) is 0 Å². The summed E-state index contributed by atoms with van der Waals surface area (Å²) in [5, 5.41) is 23.1. The van der Waals surface area contributed by atoms with E-state index in [9.17, 15) is 14.7 Å². The summed E-state index contributed by atoms with van der Waals surface area (Å²) in [7, 11) is -2.94. The summed E-state index contributed by atoms with van der Waals surface area (Å²) < 4.78 is 8.80. The highest BCUT2D eigenvalue weighted by atomic mass is 32.1. The molecular formula is C39H44O5SSi. The molecule has 1 aliphatic rings. The minimum absolute atomic E-state index is 0.0357. The molecule has 1 heterocycles. The highest BCUT2D eigenvalue weighted by Gasteiger charge is 2.51. The number of aliphatic hydroxyl groups excluding tert-OH is 1. The van der Waals surface area contributed by atoms with E-state index in [-0.39, 0.29) is 29.6 Å². The average molecular weight is 653 g/mol. The van der Waals surface area contributed by atoms with Gasteiger partial charge in [0, 0.05) is 34.3 Å². The fraction of sp³-hybridized carbons (Fsp3) is 0.333. The molecule has 5 nitrogen and oxygen atoms in total. The zero-order valence-electron chi connectivity index (χ0n) is 26.8. The smallest absolute Gasteiger partial charge is 0.303 e. The monoisotopic (exact) mass is 652 g/mol. The van der Waals surface area contributed by atoms with Crippen LogP contribution in [0.1, 0.15) is 63.9 Å². The van der Waals surface area contributed by atoms with Crippen LogP contribution in [0.2, 0.25) is 5.04 Å². The summed E-state index contributed by atoms with van der Waals surface area (Å²) in [4.78, 5) is 25.2. The van der Waals surface area contributed by atoms with Crippen LogP contribution in [0.3, 0.4) is 0 Å². The normalized spacial score (nSPS) is 19.8. The van der Waals surface area contributed by atoms with Crippen LogP contribution < -0.4 is 10.4 Å². The lowest BCUT2D eigenvalue weighted by Crippen LogP contribution is -2.66. The van der Waals surface area contributed by atoms with Crippen molar-refractivity contribution in [2.75, 3.05) is 0 Å². The number of carboxylic acids is 1. The van der Waals surface area contributed by atoms with Crippen LogP contribution in [0, 0.1) is 11.8 Å². The van der Waals surface area contributed by atoms with Crippen molar-refractivity contribution in [1.29, 1.82) is 0 Å². The number of allylic oxidation sites excluding steroid dienone is 3. The van der Waals surface area contributed by atoms with Gasteiger partial charge in [-0.3, -0.25) is 9.59 Å². The second-order valence-electron chi connectivity index (χ2n) is 13.2.